The standard InChI is InChI=1S/C12H14N2/c1-3-9(2)10-4-5-11-12(8-10)14-7-6-13-11/h3-5,7-9,13H,1,6H2,2H3. The van der Waals surface area contributed by atoms with Crippen LogP contribution in [0.3, 0.4) is 0 Å². The van der Waals surface area contributed by atoms with Gasteiger partial charge in [-0.1, -0.05) is 19.1 Å². The monoisotopic (exact) mass is 186 g/mol. The highest BCUT2D eigenvalue weighted by Crippen LogP contribution is 2.30. The smallest absolute Gasteiger partial charge is 0.0860 e. The number of allylic oxidation sites excluding steroid dienone is 1. The van der Waals surface area contributed by atoms with Gasteiger partial charge in [0.1, 0.15) is 0 Å². The molecule has 2 nitrogen and oxygen atoms in total. The molecule has 1 aromatic rings. The van der Waals surface area contributed by atoms with Crippen LogP contribution in [-0.4, -0.2) is 12.8 Å². The van der Waals surface area contributed by atoms with E-state index in [4.69, 9.17) is 0 Å². The summed E-state index contributed by atoms with van der Waals surface area (Å²) in [7, 11) is 0. The molecule has 14 heavy (non-hydrogen) atoms. The molecule has 72 valence electrons. The Hall–Kier alpha value is -1.57. The van der Waals surface area contributed by atoms with E-state index in [-0.39, 0.29) is 0 Å². The van der Waals surface area contributed by atoms with E-state index in [9.17, 15) is 0 Å². The summed E-state index contributed by atoms with van der Waals surface area (Å²) >= 11 is 0. The van der Waals surface area contributed by atoms with E-state index in [0.29, 0.717) is 5.92 Å². The fourth-order valence-electron chi connectivity index (χ4n) is 1.52. The molecule has 0 radical (unpaired) electrons. The van der Waals surface area contributed by atoms with Gasteiger partial charge in [-0.3, -0.25) is 4.99 Å². The molecule has 0 aliphatic carbocycles. The maximum atomic E-state index is 4.35. The van der Waals surface area contributed by atoms with Gasteiger partial charge in [-0.15, -0.1) is 6.58 Å². The third kappa shape index (κ3) is 1.55. The first-order chi connectivity index (χ1) is 6.81. The summed E-state index contributed by atoms with van der Waals surface area (Å²) in [5.41, 5.74) is 3.41. The van der Waals surface area contributed by atoms with Crippen LogP contribution in [0.1, 0.15) is 18.4 Å². The highest BCUT2D eigenvalue weighted by atomic mass is 15.0. The maximum absolute atomic E-state index is 4.35. The summed E-state index contributed by atoms with van der Waals surface area (Å²) < 4.78 is 0. The predicted octanol–water partition coefficient (Wildman–Crippen LogP) is 3.10. The highest BCUT2D eigenvalue weighted by molar-refractivity contribution is 5.80. The zero-order valence-electron chi connectivity index (χ0n) is 8.33. The highest BCUT2D eigenvalue weighted by Gasteiger charge is 2.07. The summed E-state index contributed by atoms with van der Waals surface area (Å²) in [4.78, 5) is 4.35. The molecule has 1 N–H and O–H groups in total. The van der Waals surface area contributed by atoms with Crippen molar-refractivity contribution in [2.45, 2.75) is 12.8 Å². The Kier molecular flexibility index (Phi) is 2.35. The number of benzene rings is 1. The topological polar surface area (TPSA) is 24.4 Å². The molecule has 1 atom stereocenters. The summed E-state index contributed by atoms with van der Waals surface area (Å²) in [6.45, 7) is 6.75. The van der Waals surface area contributed by atoms with Crippen LogP contribution in [0, 0.1) is 0 Å². The van der Waals surface area contributed by atoms with E-state index < -0.39 is 0 Å². The number of hydrogen-bond acceptors (Lipinski definition) is 2. The van der Waals surface area contributed by atoms with Crippen LogP contribution in [0.4, 0.5) is 11.4 Å². The Balaban J connectivity index is 2.39. The molecule has 2 heteroatoms. The van der Waals surface area contributed by atoms with Crippen molar-refractivity contribution in [1.82, 2.24) is 0 Å². The number of aliphatic imine (C=N–C) groups is 1. The molecular weight excluding hydrogens is 172 g/mol. The number of hydrogen-bond donors (Lipinski definition) is 1. The zero-order valence-corrected chi connectivity index (χ0v) is 8.33. The predicted molar refractivity (Wildman–Crippen MR) is 61.7 cm³/mol. The van der Waals surface area contributed by atoms with Crippen molar-refractivity contribution < 1.29 is 0 Å². The molecule has 1 aromatic carbocycles. The number of nitrogens with one attached hydrogen (secondary N) is 1. The van der Waals surface area contributed by atoms with Crippen LogP contribution in [-0.2, 0) is 0 Å². The van der Waals surface area contributed by atoms with Gasteiger partial charge in [0.05, 0.1) is 17.9 Å². The van der Waals surface area contributed by atoms with Crippen LogP contribution < -0.4 is 5.32 Å². The Morgan fingerprint density at radius 2 is 2.43 bits per heavy atom. The van der Waals surface area contributed by atoms with Gasteiger partial charge < -0.3 is 5.32 Å². The van der Waals surface area contributed by atoms with Gasteiger partial charge in [-0.25, -0.2) is 0 Å². The largest absolute Gasteiger partial charge is 0.378 e. The van der Waals surface area contributed by atoms with Gasteiger partial charge >= 0.3 is 0 Å². The summed E-state index contributed by atoms with van der Waals surface area (Å²) in [5, 5.41) is 3.27. The van der Waals surface area contributed by atoms with Crippen LogP contribution >= 0.6 is 0 Å². The van der Waals surface area contributed by atoms with Gasteiger partial charge in [0.15, 0.2) is 0 Å². The van der Waals surface area contributed by atoms with E-state index >= 15 is 0 Å². The second-order valence-corrected chi connectivity index (χ2v) is 3.49. The first kappa shape index (κ1) is 9.00. The van der Waals surface area contributed by atoms with Crippen LogP contribution in [0.5, 0.6) is 0 Å². The number of fused-ring (bicyclic) bond motifs is 1. The van der Waals surface area contributed by atoms with Crippen LogP contribution in [0.15, 0.2) is 35.8 Å². The molecule has 0 saturated carbocycles. The quantitative estimate of drug-likeness (QED) is 0.705. The lowest BCUT2D eigenvalue weighted by atomic mass is 10.00. The Morgan fingerprint density at radius 1 is 1.57 bits per heavy atom. The third-order valence-electron chi connectivity index (χ3n) is 2.52. The van der Waals surface area contributed by atoms with Crippen molar-refractivity contribution in [3.8, 4) is 0 Å². The first-order valence-electron chi connectivity index (χ1n) is 4.84. The number of anilines is 1. The maximum Gasteiger partial charge on any atom is 0.0860 e. The van der Waals surface area contributed by atoms with Crippen molar-refractivity contribution in [3.63, 3.8) is 0 Å². The average Bonchev–Trinajstić information content (AvgIpc) is 2.27. The lowest BCUT2D eigenvalue weighted by molar-refractivity contribution is 0.971. The molecule has 0 bridgehead atoms. The summed E-state index contributed by atoms with van der Waals surface area (Å²) in [5.74, 6) is 0.387. The molecule has 1 unspecified atom stereocenters. The van der Waals surface area contributed by atoms with Crippen molar-refractivity contribution in [3.05, 3.63) is 36.4 Å². The molecule has 0 saturated heterocycles. The van der Waals surface area contributed by atoms with E-state index in [1.165, 1.54) is 5.56 Å². The van der Waals surface area contributed by atoms with Crippen molar-refractivity contribution in [2.24, 2.45) is 4.99 Å². The molecule has 1 aliphatic rings. The Morgan fingerprint density at radius 3 is 3.21 bits per heavy atom. The van der Waals surface area contributed by atoms with E-state index in [2.05, 4.69) is 42.0 Å². The third-order valence-corrected chi connectivity index (χ3v) is 2.52. The number of nitrogens with zero attached hydrogens (tertiary/aromatic N) is 1. The van der Waals surface area contributed by atoms with Crippen molar-refractivity contribution in [2.75, 3.05) is 11.9 Å². The van der Waals surface area contributed by atoms with Crippen LogP contribution in [0.25, 0.3) is 0 Å². The fourth-order valence-corrected chi connectivity index (χ4v) is 1.52. The second kappa shape index (κ2) is 3.66. The van der Waals surface area contributed by atoms with Crippen molar-refractivity contribution in [1.29, 1.82) is 0 Å². The molecule has 1 heterocycles. The Labute approximate surface area is 84.4 Å². The summed E-state index contributed by atoms with van der Waals surface area (Å²) in [6.07, 6.45) is 3.84. The van der Waals surface area contributed by atoms with Gasteiger partial charge in [-0.05, 0) is 23.6 Å². The second-order valence-electron chi connectivity index (χ2n) is 3.49. The van der Waals surface area contributed by atoms with Gasteiger partial charge in [0.25, 0.3) is 0 Å². The normalized spacial score (nSPS) is 15.5. The molecular formula is C12H14N2. The first-order valence-corrected chi connectivity index (χ1v) is 4.84. The van der Waals surface area contributed by atoms with E-state index in [0.717, 1.165) is 17.9 Å². The van der Waals surface area contributed by atoms with E-state index in [1.807, 2.05) is 12.3 Å². The molecule has 0 spiro atoms. The van der Waals surface area contributed by atoms with Gasteiger partial charge in [-0.2, -0.15) is 0 Å². The summed E-state index contributed by atoms with van der Waals surface area (Å²) in [6, 6.07) is 6.32. The molecule has 2 rings (SSSR count). The van der Waals surface area contributed by atoms with Gasteiger partial charge in [0.2, 0.25) is 0 Å². The minimum Gasteiger partial charge on any atom is -0.378 e. The molecule has 1 aliphatic heterocycles. The minimum absolute atomic E-state index is 0.387. The SMILES string of the molecule is C=CC(C)c1ccc2c(c1)N=CCN2. The average molecular weight is 186 g/mol. The van der Waals surface area contributed by atoms with Crippen molar-refractivity contribution >= 4 is 17.6 Å². The fraction of sp³-hybridized carbons (Fsp3) is 0.250. The van der Waals surface area contributed by atoms with Crippen LogP contribution in [0.2, 0.25) is 0 Å². The minimum atomic E-state index is 0.387. The number of rotatable bonds is 2. The van der Waals surface area contributed by atoms with E-state index in [1.54, 1.807) is 0 Å². The van der Waals surface area contributed by atoms with Gasteiger partial charge in [0, 0.05) is 6.21 Å². The molecule has 0 aromatic heterocycles. The Bertz CT molecular complexity index is 380. The lowest BCUT2D eigenvalue weighted by Crippen LogP contribution is -2.06. The lowest BCUT2D eigenvalue weighted by Gasteiger charge is -2.14. The molecule has 0 amide bonds. The zero-order chi connectivity index (χ0) is 9.97. The molecule has 0 fully saturated rings.